The van der Waals surface area contributed by atoms with Gasteiger partial charge in [-0.15, -0.1) is 0 Å². The number of aromatic amines is 1. The highest BCUT2D eigenvalue weighted by atomic mass is 16.4. The molecule has 0 fully saturated rings. The third-order valence-electron chi connectivity index (χ3n) is 2.53. The summed E-state index contributed by atoms with van der Waals surface area (Å²) >= 11 is 0. The molecule has 7 heteroatoms. The van der Waals surface area contributed by atoms with Crippen LogP contribution in [0.15, 0.2) is 28.3 Å². The Morgan fingerprint density at radius 3 is 2.83 bits per heavy atom. The summed E-state index contributed by atoms with van der Waals surface area (Å²) < 4.78 is 0. The van der Waals surface area contributed by atoms with E-state index in [1.54, 1.807) is 13.8 Å². The van der Waals surface area contributed by atoms with Crippen LogP contribution in [0.4, 0.5) is 0 Å². The molecule has 1 amide bonds. The molecule has 1 aromatic rings. The van der Waals surface area contributed by atoms with E-state index in [2.05, 4.69) is 15.5 Å². The van der Waals surface area contributed by atoms with E-state index in [1.165, 1.54) is 18.3 Å². The number of H-pyrrole nitrogens is 1. The molecule has 1 rings (SSSR count). The molecule has 0 radical (unpaired) electrons. The van der Waals surface area contributed by atoms with E-state index in [9.17, 15) is 9.59 Å². The maximum absolute atomic E-state index is 11.7. The highest BCUT2D eigenvalue weighted by Gasteiger charge is 2.24. The number of pyridine rings is 1. The number of carbonyl (C=O) groups excluding carboxylic acids is 1. The first kappa shape index (κ1) is 13.8. The van der Waals surface area contributed by atoms with Crippen LogP contribution in [-0.4, -0.2) is 28.5 Å². The predicted octanol–water partition coefficient (Wildman–Crippen LogP) is -0.123. The Balaban J connectivity index is 2.70. The van der Waals surface area contributed by atoms with Gasteiger partial charge < -0.3 is 21.2 Å². The molecule has 98 valence electrons. The lowest BCUT2D eigenvalue weighted by molar-refractivity contribution is 0.0944. The number of nitrogens with one attached hydrogen (secondary N) is 2. The summed E-state index contributed by atoms with van der Waals surface area (Å²) in [6.45, 7) is 3.63. The molecule has 0 saturated heterocycles. The molecule has 0 aliphatic rings. The number of nitrogens with two attached hydrogens (primary N) is 1. The van der Waals surface area contributed by atoms with E-state index < -0.39 is 5.41 Å². The number of amides is 1. The maximum atomic E-state index is 11.7. The van der Waals surface area contributed by atoms with E-state index in [-0.39, 0.29) is 29.4 Å². The summed E-state index contributed by atoms with van der Waals surface area (Å²) in [5.74, 6) is -0.367. The zero-order valence-electron chi connectivity index (χ0n) is 10.2. The first-order valence-corrected chi connectivity index (χ1v) is 5.32. The molecule has 0 spiro atoms. The van der Waals surface area contributed by atoms with Gasteiger partial charge in [0.2, 0.25) is 5.56 Å². The van der Waals surface area contributed by atoms with Crippen LogP contribution in [0.2, 0.25) is 0 Å². The van der Waals surface area contributed by atoms with Crippen molar-refractivity contribution in [3.8, 4) is 0 Å². The highest BCUT2D eigenvalue weighted by molar-refractivity contribution is 5.94. The van der Waals surface area contributed by atoms with Crippen molar-refractivity contribution in [3.05, 3.63) is 34.2 Å². The molecule has 1 aromatic heterocycles. The number of rotatable bonds is 4. The summed E-state index contributed by atoms with van der Waals surface area (Å²) in [6.07, 6.45) is 1.39. The van der Waals surface area contributed by atoms with Gasteiger partial charge in [0, 0.05) is 29.8 Å². The Hall–Kier alpha value is -2.31. The Kier molecular flexibility index (Phi) is 4.09. The van der Waals surface area contributed by atoms with Crippen LogP contribution >= 0.6 is 0 Å². The summed E-state index contributed by atoms with van der Waals surface area (Å²) in [6, 6.07) is 2.69. The zero-order chi connectivity index (χ0) is 13.8. The lowest BCUT2D eigenvalue weighted by Gasteiger charge is -2.23. The fourth-order valence-corrected chi connectivity index (χ4v) is 1.22. The van der Waals surface area contributed by atoms with Crippen molar-refractivity contribution in [1.82, 2.24) is 10.3 Å². The van der Waals surface area contributed by atoms with E-state index in [0.29, 0.717) is 0 Å². The fraction of sp³-hybridized carbons (Fsp3) is 0.364. The minimum atomic E-state index is -0.675. The number of hydrogen-bond acceptors (Lipinski definition) is 4. The fourth-order valence-electron chi connectivity index (χ4n) is 1.22. The standard InChI is InChI=1S/C11H16N4O3/c1-11(2,10(12)15-18)6-14-9(17)7-3-4-13-8(16)5-7/h3-5,18H,6H2,1-2H3,(H2,12,15)(H,13,16)(H,14,17). The average molecular weight is 252 g/mol. The minimum Gasteiger partial charge on any atom is -0.409 e. The van der Waals surface area contributed by atoms with E-state index >= 15 is 0 Å². The molecule has 5 N–H and O–H groups in total. The molecule has 0 aromatic carbocycles. The number of hydrogen-bond donors (Lipinski definition) is 4. The third kappa shape index (κ3) is 3.34. The molecule has 0 aliphatic carbocycles. The first-order chi connectivity index (χ1) is 8.36. The SMILES string of the molecule is CC(C)(CNC(=O)c1cc[nH]c(=O)c1)/C(N)=N/O. The molecule has 0 saturated carbocycles. The van der Waals surface area contributed by atoms with Crippen molar-refractivity contribution >= 4 is 11.7 Å². The second-order valence-corrected chi connectivity index (χ2v) is 4.49. The van der Waals surface area contributed by atoms with Gasteiger partial charge in [0.15, 0.2) is 0 Å². The molecule has 0 unspecified atom stereocenters. The average Bonchev–Trinajstić information content (AvgIpc) is 2.35. The van der Waals surface area contributed by atoms with Crippen molar-refractivity contribution in [3.63, 3.8) is 0 Å². The molecule has 1 heterocycles. The third-order valence-corrected chi connectivity index (χ3v) is 2.53. The summed E-state index contributed by atoms with van der Waals surface area (Å²) in [5.41, 5.74) is 4.73. The predicted molar refractivity (Wildman–Crippen MR) is 66.6 cm³/mol. The van der Waals surface area contributed by atoms with E-state index in [4.69, 9.17) is 10.9 Å². The number of amidine groups is 1. The topological polar surface area (TPSA) is 121 Å². The second kappa shape index (κ2) is 5.35. The molecule has 7 nitrogen and oxygen atoms in total. The van der Waals surface area contributed by atoms with Gasteiger partial charge in [0.05, 0.1) is 0 Å². The van der Waals surface area contributed by atoms with Gasteiger partial charge in [-0.1, -0.05) is 19.0 Å². The minimum absolute atomic E-state index is 0.0220. The van der Waals surface area contributed by atoms with Crippen molar-refractivity contribution in [2.45, 2.75) is 13.8 Å². The Bertz CT molecular complexity index is 519. The number of oxime groups is 1. The molecule has 0 aliphatic heterocycles. The Morgan fingerprint density at radius 2 is 2.28 bits per heavy atom. The maximum Gasteiger partial charge on any atom is 0.251 e. The van der Waals surface area contributed by atoms with Crippen LogP contribution in [0.5, 0.6) is 0 Å². The van der Waals surface area contributed by atoms with Gasteiger partial charge >= 0.3 is 0 Å². The summed E-state index contributed by atoms with van der Waals surface area (Å²) in [7, 11) is 0. The lowest BCUT2D eigenvalue weighted by Crippen LogP contribution is -2.42. The van der Waals surface area contributed by atoms with Crippen LogP contribution in [-0.2, 0) is 0 Å². The van der Waals surface area contributed by atoms with Gasteiger partial charge in [0.25, 0.3) is 5.91 Å². The van der Waals surface area contributed by atoms with Gasteiger partial charge in [0.1, 0.15) is 5.84 Å². The van der Waals surface area contributed by atoms with E-state index in [1.807, 2.05) is 0 Å². The van der Waals surface area contributed by atoms with Crippen molar-refractivity contribution in [2.24, 2.45) is 16.3 Å². The van der Waals surface area contributed by atoms with Gasteiger partial charge in [-0.2, -0.15) is 0 Å². The van der Waals surface area contributed by atoms with Crippen molar-refractivity contribution in [2.75, 3.05) is 6.54 Å². The van der Waals surface area contributed by atoms with Crippen LogP contribution in [0, 0.1) is 5.41 Å². The van der Waals surface area contributed by atoms with Crippen LogP contribution < -0.4 is 16.6 Å². The summed E-state index contributed by atoms with van der Waals surface area (Å²) in [4.78, 5) is 25.2. The Morgan fingerprint density at radius 1 is 1.61 bits per heavy atom. The second-order valence-electron chi connectivity index (χ2n) is 4.49. The van der Waals surface area contributed by atoms with Crippen molar-refractivity contribution < 1.29 is 10.0 Å². The Labute approximate surface area is 104 Å². The van der Waals surface area contributed by atoms with Gasteiger partial charge in [-0.3, -0.25) is 9.59 Å². The highest BCUT2D eigenvalue weighted by Crippen LogP contribution is 2.13. The number of carbonyl (C=O) groups is 1. The van der Waals surface area contributed by atoms with Crippen LogP contribution in [0.25, 0.3) is 0 Å². The lowest BCUT2D eigenvalue weighted by atomic mass is 9.92. The summed E-state index contributed by atoms with van der Waals surface area (Å²) in [5, 5.41) is 14.1. The number of nitrogens with zero attached hydrogens (tertiary/aromatic N) is 1. The monoisotopic (exact) mass is 252 g/mol. The largest absolute Gasteiger partial charge is 0.409 e. The molecular weight excluding hydrogens is 236 g/mol. The van der Waals surface area contributed by atoms with Crippen LogP contribution in [0.1, 0.15) is 24.2 Å². The first-order valence-electron chi connectivity index (χ1n) is 5.32. The normalized spacial score (nSPS) is 12.2. The molecular formula is C11H16N4O3. The molecule has 0 atom stereocenters. The smallest absolute Gasteiger partial charge is 0.251 e. The molecule has 0 bridgehead atoms. The number of aromatic nitrogens is 1. The molecule has 18 heavy (non-hydrogen) atoms. The van der Waals surface area contributed by atoms with Gasteiger partial charge in [-0.25, -0.2) is 0 Å². The van der Waals surface area contributed by atoms with E-state index in [0.717, 1.165) is 0 Å². The van der Waals surface area contributed by atoms with Gasteiger partial charge in [-0.05, 0) is 6.07 Å². The quantitative estimate of drug-likeness (QED) is 0.258. The van der Waals surface area contributed by atoms with Crippen LogP contribution in [0.3, 0.4) is 0 Å². The zero-order valence-corrected chi connectivity index (χ0v) is 10.2. The van der Waals surface area contributed by atoms with Crippen molar-refractivity contribution in [1.29, 1.82) is 0 Å².